The zero-order chi connectivity index (χ0) is 10.8. The predicted octanol–water partition coefficient (Wildman–Crippen LogP) is 3.16. The first kappa shape index (κ1) is 11.5. The van der Waals surface area contributed by atoms with Crippen LogP contribution in [0, 0.1) is 17.3 Å². The predicted molar refractivity (Wildman–Crippen MR) is 61.0 cm³/mol. The van der Waals surface area contributed by atoms with Gasteiger partial charge in [-0.2, -0.15) is 0 Å². The molecule has 2 atom stereocenters. The van der Waals surface area contributed by atoms with Gasteiger partial charge in [-0.3, -0.25) is 0 Å². The summed E-state index contributed by atoms with van der Waals surface area (Å²) in [5.41, 5.74) is 1.71. The molecular formula is C13H22O. The molecule has 0 heterocycles. The van der Waals surface area contributed by atoms with Gasteiger partial charge in [0.1, 0.15) is 0 Å². The second-order valence-electron chi connectivity index (χ2n) is 4.92. The highest BCUT2D eigenvalue weighted by molar-refractivity contribution is 5.19. The van der Waals surface area contributed by atoms with Gasteiger partial charge in [0, 0.05) is 6.61 Å². The molecule has 0 aromatic rings. The van der Waals surface area contributed by atoms with Crippen molar-refractivity contribution in [1.82, 2.24) is 0 Å². The molecule has 0 spiro atoms. The monoisotopic (exact) mass is 194 g/mol. The van der Waals surface area contributed by atoms with Crippen molar-refractivity contribution in [3.05, 3.63) is 24.3 Å². The molecule has 0 radical (unpaired) electrons. The highest BCUT2D eigenvalue weighted by atomic mass is 16.3. The van der Waals surface area contributed by atoms with Gasteiger partial charge in [0.2, 0.25) is 0 Å². The van der Waals surface area contributed by atoms with Gasteiger partial charge in [-0.15, -0.1) is 6.58 Å². The Morgan fingerprint density at radius 1 is 1.71 bits per heavy atom. The van der Waals surface area contributed by atoms with Gasteiger partial charge in [0.15, 0.2) is 0 Å². The first-order valence-electron chi connectivity index (χ1n) is 5.43. The molecule has 80 valence electrons. The summed E-state index contributed by atoms with van der Waals surface area (Å²) in [7, 11) is 0. The molecule has 0 aliphatic heterocycles. The molecular weight excluding hydrogens is 172 g/mol. The van der Waals surface area contributed by atoms with E-state index in [0.717, 1.165) is 12.8 Å². The molecule has 0 amide bonds. The van der Waals surface area contributed by atoms with E-state index in [0.29, 0.717) is 11.8 Å². The lowest BCUT2D eigenvalue weighted by Crippen LogP contribution is -2.29. The van der Waals surface area contributed by atoms with Crippen LogP contribution in [0.4, 0.5) is 0 Å². The maximum Gasteiger partial charge on any atom is 0.0465 e. The van der Waals surface area contributed by atoms with Crippen LogP contribution in [0.2, 0.25) is 0 Å². The minimum Gasteiger partial charge on any atom is -0.396 e. The Morgan fingerprint density at radius 2 is 2.36 bits per heavy atom. The van der Waals surface area contributed by atoms with E-state index in [4.69, 9.17) is 0 Å². The van der Waals surface area contributed by atoms with Crippen LogP contribution in [0.1, 0.15) is 33.6 Å². The Bertz CT molecular complexity index is 238. The first-order valence-corrected chi connectivity index (χ1v) is 5.43. The highest BCUT2D eigenvalue weighted by Crippen LogP contribution is 2.47. The van der Waals surface area contributed by atoms with Crippen molar-refractivity contribution in [2.24, 2.45) is 17.3 Å². The molecule has 0 aromatic heterocycles. The van der Waals surface area contributed by atoms with Gasteiger partial charge < -0.3 is 5.11 Å². The maximum atomic E-state index is 9.37. The SMILES string of the molecule is C=CCC(CO)C1CC=C(C)C1(C)C. The summed E-state index contributed by atoms with van der Waals surface area (Å²) in [4.78, 5) is 0. The van der Waals surface area contributed by atoms with Gasteiger partial charge in [0.25, 0.3) is 0 Å². The standard InChI is InChI=1S/C13H22O/c1-5-6-11(9-14)12-8-7-10(2)13(12,3)4/h5,7,11-12,14H,1,6,8-9H2,2-4H3. The minimum atomic E-state index is 0.246. The summed E-state index contributed by atoms with van der Waals surface area (Å²) in [5.74, 6) is 0.946. The van der Waals surface area contributed by atoms with Crippen LogP contribution < -0.4 is 0 Å². The molecule has 0 saturated carbocycles. The summed E-state index contributed by atoms with van der Waals surface area (Å²) >= 11 is 0. The van der Waals surface area contributed by atoms with Gasteiger partial charge in [0.05, 0.1) is 0 Å². The van der Waals surface area contributed by atoms with Gasteiger partial charge in [-0.25, -0.2) is 0 Å². The quantitative estimate of drug-likeness (QED) is 0.682. The molecule has 2 unspecified atom stereocenters. The topological polar surface area (TPSA) is 20.2 Å². The van der Waals surface area contributed by atoms with Crippen molar-refractivity contribution in [1.29, 1.82) is 0 Å². The van der Waals surface area contributed by atoms with Gasteiger partial charge in [-0.05, 0) is 37.0 Å². The number of aliphatic hydroxyl groups excluding tert-OH is 1. The highest BCUT2D eigenvalue weighted by Gasteiger charge is 2.38. The van der Waals surface area contributed by atoms with Crippen molar-refractivity contribution in [3.63, 3.8) is 0 Å². The molecule has 1 aliphatic rings. The minimum absolute atomic E-state index is 0.246. The second-order valence-corrected chi connectivity index (χ2v) is 4.92. The van der Waals surface area contributed by atoms with Crippen molar-refractivity contribution < 1.29 is 5.11 Å². The summed E-state index contributed by atoms with van der Waals surface area (Å²) < 4.78 is 0. The third-order valence-electron chi connectivity index (χ3n) is 3.89. The summed E-state index contributed by atoms with van der Waals surface area (Å²) in [6, 6.07) is 0. The Labute approximate surface area is 87.5 Å². The van der Waals surface area contributed by atoms with E-state index in [-0.39, 0.29) is 12.0 Å². The summed E-state index contributed by atoms with van der Waals surface area (Å²) in [6.45, 7) is 10.8. The Hall–Kier alpha value is -0.560. The zero-order valence-corrected chi connectivity index (χ0v) is 9.59. The average molecular weight is 194 g/mol. The largest absolute Gasteiger partial charge is 0.396 e. The number of aliphatic hydroxyl groups is 1. The molecule has 0 saturated heterocycles. The third-order valence-corrected chi connectivity index (χ3v) is 3.89. The average Bonchev–Trinajstić information content (AvgIpc) is 2.39. The van der Waals surface area contributed by atoms with Crippen LogP contribution in [0.15, 0.2) is 24.3 Å². The molecule has 0 aromatic carbocycles. The lowest BCUT2D eigenvalue weighted by atomic mass is 9.70. The molecule has 14 heavy (non-hydrogen) atoms. The van der Waals surface area contributed by atoms with Crippen molar-refractivity contribution >= 4 is 0 Å². The molecule has 0 bridgehead atoms. The van der Waals surface area contributed by atoms with E-state index in [1.54, 1.807) is 0 Å². The fourth-order valence-corrected chi connectivity index (χ4v) is 2.52. The van der Waals surface area contributed by atoms with E-state index < -0.39 is 0 Å². The van der Waals surface area contributed by atoms with Gasteiger partial charge in [-0.1, -0.05) is 31.6 Å². The van der Waals surface area contributed by atoms with Crippen molar-refractivity contribution in [2.45, 2.75) is 33.6 Å². The lowest BCUT2D eigenvalue weighted by Gasteiger charge is -2.34. The van der Waals surface area contributed by atoms with Crippen LogP contribution in [0.5, 0.6) is 0 Å². The van der Waals surface area contributed by atoms with E-state index in [9.17, 15) is 5.11 Å². The molecule has 1 rings (SSSR count). The fraction of sp³-hybridized carbons (Fsp3) is 0.692. The summed E-state index contributed by atoms with van der Waals surface area (Å²) in [5, 5.41) is 9.37. The van der Waals surface area contributed by atoms with Crippen LogP contribution >= 0.6 is 0 Å². The van der Waals surface area contributed by atoms with E-state index in [1.807, 2.05) is 6.08 Å². The Morgan fingerprint density at radius 3 is 2.71 bits per heavy atom. The molecule has 0 fully saturated rings. The second kappa shape index (κ2) is 4.31. The molecule has 1 aliphatic carbocycles. The molecule has 1 heteroatoms. The van der Waals surface area contributed by atoms with Crippen LogP contribution in [-0.2, 0) is 0 Å². The molecule has 1 nitrogen and oxygen atoms in total. The number of hydrogen-bond donors (Lipinski definition) is 1. The Kier molecular flexibility index (Phi) is 3.54. The van der Waals surface area contributed by atoms with E-state index in [1.165, 1.54) is 5.57 Å². The van der Waals surface area contributed by atoms with Crippen molar-refractivity contribution in [2.75, 3.05) is 6.61 Å². The van der Waals surface area contributed by atoms with E-state index in [2.05, 4.69) is 33.4 Å². The zero-order valence-electron chi connectivity index (χ0n) is 9.59. The van der Waals surface area contributed by atoms with Crippen molar-refractivity contribution in [3.8, 4) is 0 Å². The van der Waals surface area contributed by atoms with Crippen LogP contribution in [0.25, 0.3) is 0 Å². The van der Waals surface area contributed by atoms with Crippen LogP contribution in [0.3, 0.4) is 0 Å². The smallest absolute Gasteiger partial charge is 0.0465 e. The normalized spacial score (nSPS) is 27.1. The Balaban J connectivity index is 2.75. The van der Waals surface area contributed by atoms with Gasteiger partial charge >= 0.3 is 0 Å². The summed E-state index contributed by atoms with van der Waals surface area (Å²) in [6.07, 6.45) is 6.27. The first-order chi connectivity index (χ1) is 6.54. The number of rotatable bonds is 4. The molecule has 1 N–H and O–H groups in total. The number of hydrogen-bond acceptors (Lipinski definition) is 1. The number of allylic oxidation sites excluding steroid dienone is 3. The third kappa shape index (κ3) is 1.93. The maximum absolute atomic E-state index is 9.37. The van der Waals surface area contributed by atoms with E-state index >= 15 is 0 Å². The lowest BCUT2D eigenvalue weighted by molar-refractivity contribution is 0.122. The fourth-order valence-electron chi connectivity index (χ4n) is 2.52. The van der Waals surface area contributed by atoms with Crippen LogP contribution in [-0.4, -0.2) is 11.7 Å².